The minimum Gasteiger partial charge on any atom is -0.472 e. The van der Waals surface area contributed by atoms with E-state index < -0.39 is 0 Å². The topological polar surface area (TPSA) is 51.0 Å². The lowest BCUT2D eigenvalue weighted by atomic mass is 10.1. The van der Waals surface area contributed by atoms with Crippen LogP contribution in [0.2, 0.25) is 0 Å². The molecule has 0 aliphatic carbocycles. The van der Waals surface area contributed by atoms with E-state index in [2.05, 4.69) is 14.1 Å². The van der Waals surface area contributed by atoms with Crippen molar-refractivity contribution in [2.45, 2.75) is 12.5 Å². The summed E-state index contributed by atoms with van der Waals surface area (Å²) in [5, 5.41) is 3.21. The summed E-state index contributed by atoms with van der Waals surface area (Å²) < 4.78 is 13.2. The fraction of sp³-hybridized carbons (Fsp3) is 0.333. The second kappa shape index (κ2) is 4.34. The van der Waals surface area contributed by atoms with Gasteiger partial charge in [-0.05, 0) is 25.1 Å². The molecule has 14 heavy (non-hydrogen) atoms. The summed E-state index contributed by atoms with van der Waals surface area (Å²) in [4.78, 5) is 0. The van der Waals surface area contributed by atoms with Gasteiger partial charge in [-0.25, -0.2) is 0 Å². The highest BCUT2D eigenvalue weighted by Crippen LogP contribution is 2.16. The Balaban J connectivity index is 2.08. The summed E-state index contributed by atoms with van der Waals surface area (Å²) in [6.45, 7) is 0. The van der Waals surface area contributed by atoms with Crippen molar-refractivity contribution >= 4 is 11.7 Å². The summed E-state index contributed by atoms with van der Waals surface area (Å²) in [6.07, 6.45) is 6.11. The lowest BCUT2D eigenvalue weighted by Gasteiger charge is -2.11. The van der Waals surface area contributed by atoms with Gasteiger partial charge in [0, 0.05) is 0 Å². The van der Waals surface area contributed by atoms with Gasteiger partial charge in [0.15, 0.2) is 0 Å². The van der Waals surface area contributed by atoms with Crippen LogP contribution in [0.15, 0.2) is 29.2 Å². The Morgan fingerprint density at radius 1 is 1.64 bits per heavy atom. The Labute approximate surface area is 86.3 Å². The lowest BCUT2D eigenvalue weighted by Crippen LogP contribution is -2.18. The quantitative estimate of drug-likeness (QED) is 0.831. The Morgan fingerprint density at radius 3 is 3.14 bits per heavy atom. The molecule has 0 amide bonds. The largest absolute Gasteiger partial charge is 0.472 e. The van der Waals surface area contributed by atoms with Crippen LogP contribution in [0.5, 0.6) is 0 Å². The zero-order valence-corrected chi connectivity index (χ0v) is 8.62. The van der Waals surface area contributed by atoms with Gasteiger partial charge in [0.2, 0.25) is 0 Å². The van der Waals surface area contributed by atoms with Crippen LogP contribution in [-0.2, 0) is 6.42 Å². The van der Waals surface area contributed by atoms with Crippen LogP contribution in [0.1, 0.15) is 17.3 Å². The molecule has 4 nitrogen and oxygen atoms in total. The van der Waals surface area contributed by atoms with Crippen LogP contribution >= 0.6 is 11.7 Å². The summed E-state index contributed by atoms with van der Waals surface area (Å²) in [6, 6.07) is 2.18. The van der Waals surface area contributed by atoms with Gasteiger partial charge in [-0.1, -0.05) is 0 Å². The summed E-state index contributed by atoms with van der Waals surface area (Å²) >= 11 is 1.23. The molecule has 0 saturated carbocycles. The third-order valence-electron chi connectivity index (χ3n) is 2.10. The fourth-order valence-corrected chi connectivity index (χ4v) is 1.80. The number of hydrogen-bond donors (Lipinski definition) is 1. The van der Waals surface area contributed by atoms with Crippen LogP contribution < -0.4 is 5.32 Å². The number of hydrogen-bond acceptors (Lipinski definition) is 5. The maximum absolute atomic E-state index is 5.02. The van der Waals surface area contributed by atoms with E-state index in [4.69, 9.17) is 4.42 Å². The van der Waals surface area contributed by atoms with Crippen molar-refractivity contribution in [3.63, 3.8) is 0 Å². The van der Waals surface area contributed by atoms with Gasteiger partial charge in [0.05, 0.1) is 42.2 Å². The van der Waals surface area contributed by atoms with Gasteiger partial charge in [0.1, 0.15) is 0 Å². The van der Waals surface area contributed by atoms with Gasteiger partial charge in [-0.3, -0.25) is 0 Å². The predicted octanol–water partition coefficient (Wildman–Crippen LogP) is 1.63. The van der Waals surface area contributed by atoms with E-state index in [0.717, 1.165) is 17.7 Å². The van der Waals surface area contributed by atoms with Crippen molar-refractivity contribution in [1.29, 1.82) is 0 Å². The van der Waals surface area contributed by atoms with Crippen LogP contribution in [0.4, 0.5) is 0 Å². The zero-order chi connectivity index (χ0) is 9.80. The maximum Gasteiger partial charge on any atom is 0.0935 e. The highest BCUT2D eigenvalue weighted by atomic mass is 32.1. The third kappa shape index (κ3) is 2.00. The van der Waals surface area contributed by atoms with Crippen LogP contribution in [0.3, 0.4) is 0 Å². The van der Waals surface area contributed by atoms with Crippen molar-refractivity contribution in [2.75, 3.05) is 7.05 Å². The van der Waals surface area contributed by atoms with E-state index in [1.807, 2.05) is 13.1 Å². The molecule has 0 fully saturated rings. The molecule has 1 atom stereocenters. The van der Waals surface area contributed by atoms with Gasteiger partial charge in [-0.2, -0.15) is 8.75 Å². The minimum absolute atomic E-state index is 0.214. The first-order chi connectivity index (χ1) is 6.90. The molecule has 0 radical (unpaired) electrons. The number of nitrogens with one attached hydrogen (secondary N) is 1. The third-order valence-corrected chi connectivity index (χ3v) is 2.60. The number of likely N-dealkylation sites (N-methyl/N-ethyl adjacent to an activating group) is 1. The van der Waals surface area contributed by atoms with Crippen molar-refractivity contribution in [1.82, 2.24) is 14.1 Å². The molecule has 74 valence electrons. The lowest BCUT2D eigenvalue weighted by molar-refractivity contribution is 0.548. The van der Waals surface area contributed by atoms with Crippen molar-refractivity contribution < 1.29 is 4.42 Å². The van der Waals surface area contributed by atoms with Crippen molar-refractivity contribution in [3.8, 4) is 0 Å². The molecular weight excluding hydrogens is 198 g/mol. The molecule has 1 unspecified atom stereocenters. The van der Waals surface area contributed by atoms with Crippen LogP contribution in [-0.4, -0.2) is 15.8 Å². The molecule has 0 bridgehead atoms. The molecule has 2 aromatic heterocycles. The monoisotopic (exact) mass is 209 g/mol. The summed E-state index contributed by atoms with van der Waals surface area (Å²) in [5.74, 6) is 0. The average molecular weight is 209 g/mol. The highest BCUT2D eigenvalue weighted by Gasteiger charge is 2.12. The van der Waals surface area contributed by atoms with Gasteiger partial charge in [0.25, 0.3) is 0 Å². The number of nitrogens with zero attached hydrogens (tertiary/aromatic N) is 2. The van der Waals surface area contributed by atoms with Gasteiger partial charge < -0.3 is 9.73 Å². The van der Waals surface area contributed by atoms with E-state index in [9.17, 15) is 0 Å². The molecule has 0 saturated heterocycles. The highest BCUT2D eigenvalue weighted by molar-refractivity contribution is 6.99. The van der Waals surface area contributed by atoms with E-state index in [0.29, 0.717) is 0 Å². The normalized spacial score (nSPS) is 12.9. The molecule has 2 heterocycles. The Kier molecular flexibility index (Phi) is 2.90. The number of furan rings is 1. The number of aromatic nitrogens is 2. The van der Waals surface area contributed by atoms with E-state index in [1.54, 1.807) is 18.7 Å². The molecule has 0 spiro atoms. The first kappa shape index (κ1) is 9.36. The van der Waals surface area contributed by atoms with Gasteiger partial charge >= 0.3 is 0 Å². The summed E-state index contributed by atoms with van der Waals surface area (Å²) in [5.41, 5.74) is 2.15. The smallest absolute Gasteiger partial charge is 0.0935 e. The molecule has 0 aliphatic heterocycles. The maximum atomic E-state index is 5.02. The van der Waals surface area contributed by atoms with Crippen LogP contribution in [0.25, 0.3) is 0 Å². The Morgan fingerprint density at radius 2 is 2.57 bits per heavy atom. The fourth-order valence-electron chi connectivity index (χ4n) is 1.32. The Hall–Kier alpha value is -1.20. The molecule has 0 aromatic carbocycles. The molecule has 2 aromatic rings. The number of rotatable bonds is 4. The first-order valence-corrected chi connectivity index (χ1v) is 5.09. The predicted molar refractivity (Wildman–Crippen MR) is 54.1 cm³/mol. The zero-order valence-electron chi connectivity index (χ0n) is 7.80. The molecule has 5 heteroatoms. The SMILES string of the molecule is CNC(Cc1ccoc1)c1cnsn1. The molecular formula is C9H11N3OS. The van der Waals surface area contributed by atoms with Gasteiger partial charge in [-0.15, -0.1) is 0 Å². The van der Waals surface area contributed by atoms with E-state index in [1.165, 1.54) is 11.7 Å². The average Bonchev–Trinajstić information content (AvgIpc) is 2.86. The molecule has 1 N–H and O–H groups in total. The first-order valence-electron chi connectivity index (χ1n) is 4.36. The second-order valence-corrected chi connectivity index (χ2v) is 3.57. The molecule has 2 rings (SSSR count). The van der Waals surface area contributed by atoms with Crippen molar-refractivity contribution in [2.24, 2.45) is 0 Å². The van der Waals surface area contributed by atoms with Crippen LogP contribution in [0, 0.1) is 0 Å². The molecule has 0 aliphatic rings. The van der Waals surface area contributed by atoms with E-state index in [-0.39, 0.29) is 6.04 Å². The Bertz CT molecular complexity index is 357. The standard InChI is InChI=1S/C9H11N3OS/c1-10-8(9-5-11-14-12-9)4-7-2-3-13-6-7/h2-3,5-6,8,10H,4H2,1H3. The van der Waals surface area contributed by atoms with E-state index >= 15 is 0 Å². The second-order valence-electron chi connectivity index (χ2n) is 3.01. The van der Waals surface area contributed by atoms with Crippen molar-refractivity contribution in [3.05, 3.63) is 36.0 Å². The summed E-state index contributed by atoms with van der Waals surface area (Å²) in [7, 11) is 1.92. The minimum atomic E-state index is 0.214.